The highest BCUT2D eigenvalue weighted by Crippen LogP contribution is 2.29. The molecule has 0 saturated carbocycles. The molecule has 0 radical (unpaired) electrons. The molecule has 0 heterocycles. The van der Waals surface area contributed by atoms with Gasteiger partial charge in [-0.2, -0.15) is 0 Å². The van der Waals surface area contributed by atoms with E-state index in [1.807, 2.05) is 6.92 Å². The Balaban J connectivity index is 3.34. The molecule has 74 valence electrons. The number of ether oxygens (including phenoxy) is 1. The summed E-state index contributed by atoms with van der Waals surface area (Å²) in [5.74, 6) is 2.45. The van der Waals surface area contributed by atoms with E-state index in [1.54, 1.807) is 13.0 Å². The lowest BCUT2D eigenvalue weighted by molar-refractivity contribution is 0.403. The molecule has 14 heavy (non-hydrogen) atoms. The van der Waals surface area contributed by atoms with Crippen LogP contribution in [0.15, 0.2) is 12.1 Å². The summed E-state index contributed by atoms with van der Waals surface area (Å²) in [6.07, 6.45) is 5.26. The van der Waals surface area contributed by atoms with Gasteiger partial charge in [-0.05, 0) is 31.5 Å². The van der Waals surface area contributed by atoms with Crippen molar-refractivity contribution in [3.8, 4) is 18.1 Å². The summed E-state index contributed by atoms with van der Waals surface area (Å²) in [7, 11) is 1.51. The molecule has 1 aromatic rings. The molecule has 0 aliphatic heterocycles. The van der Waals surface area contributed by atoms with Gasteiger partial charge in [0.25, 0.3) is 0 Å². The lowest BCUT2D eigenvalue weighted by Crippen LogP contribution is -2.00. The quantitative estimate of drug-likeness (QED) is 0.655. The first-order chi connectivity index (χ1) is 6.60. The van der Waals surface area contributed by atoms with E-state index < -0.39 is 0 Å². The summed E-state index contributed by atoms with van der Waals surface area (Å²) in [5, 5.41) is 0. The molecule has 0 fully saturated rings. The van der Waals surface area contributed by atoms with Gasteiger partial charge >= 0.3 is 0 Å². The van der Waals surface area contributed by atoms with Crippen molar-refractivity contribution >= 4 is 0 Å². The summed E-state index contributed by atoms with van der Waals surface area (Å²) in [5.41, 5.74) is 1.29. The highest BCUT2D eigenvalue weighted by molar-refractivity contribution is 5.43. The van der Waals surface area contributed by atoms with Crippen LogP contribution < -0.4 is 4.74 Å². The van der Waals surface area contributed by atoms with Gasteiger partial charge in [-0.15, -0.1) is 6.42 Å². The molecule has 0 bridgehead atoms. The molecule has 2 heteroatoms. The van der Waals surface area contributed by atoms with Crippen LogP contribution in [0.1, 0.15) is 24.0 Å². The Morgan fingerprint density at radius 3 is 2.64 bits per heavy atom. The largest absolute Gasteiger partial charge is 0.496 e. The molecule has 0 spiro atoms. The van der Waals surface area contributed by atoms with E-state index in [2.05, 4.69) is 5.92 Å². The van der Waals surface area contributed by atoms with Gasteiger partial charge in [0.2, 0.25) is 0 Å². The molecule has 1 rings (SSSR count). The SMILES string of the molecule is C#CC(C)c1c(F)cc(C)cc1OC. The fourth-order valence-electron chi connectivity index (χ4n) is 1.39. The Morgan fingerprint density at radius 2 is 2.14 bits per heavy atom. The van der Waals surface area contributed by atoms with Gasteiger partial charge in [-0.3, -0.25) is 0 Å². The van der Waals surface area contributed by atoms with Crippen molar-refractivity contribution in [3.63, 3.8) is 0 Å². The second kappa shape index (κ2) is 4.15. The normalized spacial score (nSPS) is 11.9. The van der Waals surface area contributed by atoms with Gasteiger partial charge in [0.15, 0.2) is 0 Å². The van der Waals surface area contributed by atoms with Crippen LogP contribution in [0.5, 0.6) is 5.75 Å². The number of benzene rings is 1. The number of rotatable bonds is 2. The standard InChI is InChI=1S/C12H13FO/c1-5-9(3)12-10(13)6-8(2)7-11(12)14-4/h1,6-7,9H,2-4H3. The smallest absolute Gasteiger partial charge is 0.131 e. The molecule has 0 saturated heterocycles. The topological polar surface area (TPSA) is 9.23 Å². The zero-order valence-electron chi connectivity index (χ0n) is 8.60. The second-order valence-corrected chi connectivity index (χ2v) is 3.25. The van der Waals surface area contributed by atoms with Crippen LogP contribution in [0.3, 0.4) is 0 Å². The minimum Gasteiger partial charge on any atom is -0.496 e. The van der Waals surface area contributed by atoms with Crippen molar-refractivity contribution in [1.82, 2.24) is 0 Å². The maximum absolute atomic E-state index is 13.6. The lowest BCUT2D eigenvalue weighted by Gasteiger charge is -2.12. The van der Waals surface area contributed by atoms with E-state index in [4.69, 9.17) is 11.2 Å². The predicted molar refractivity (Wildman–Crippen MR) is 54.9 cm³/mol. The molecule has 0 aliphatic rings. The summed E-state index contributed by atoms with van der Waals surface area (Å²) in [6.45, 7) is 3.59. The van der Waals surface area contributed by atoms with Crippen molar-refractivity contribution in [2.24, 2.45) is 0 Å². The summed E-state index contributed by atoms with van der Waals surface area (Å²) < 4.78 is 18.7. The van der Waals surface area contributed by atoms with Crippen molar-refractivity contribution < 1.29 is 9.13 Å². The number of methoxy groups -OCH3 is 1. The van der Waals surface area contributed by atoms with Crippen molar-refractivity contribution in [2.75, 3.05) is 7.11 Å². The Bertz CT molecular complexity index is 377. The van der Waals surface area contributed by atoms with E-state index >= 15 is 0 Å². The van der Waals surface area contributed by atoms with Crippen LogP contribution in [0.4, 0.5) is 4.39 Å². The second-order valence-electron chi connectivity index (χ2n) is 3.25. The lowest BCUT2D eigenvalue weighted by atomic mass is 9.99. The first kappa shape index (κ1) is 10.6. The van der Waals surface area contributed by atoms with Crippen LogP contribution in [0.25, 0.3) is 0 Å². The number of hydrogen-bond acceptors (Lipinski definition) is 1. The Labute approximate surface area is 83.9 Å². The monoisotopic (exact) mass is 192 g/mol. The molecule has 0 aliphatic carbocycles. The van der Waals surface area contributed by atoms with Crippen LogP contribution in [0, 0.1) is 25.1 Å². The number of hydrogen-bond donors (Lipinski definition) is 0. The number of aryl methyl sites for hydroxylation is 1. The van der Waals surface area contributed by atoms with Crippen LogP contribution in [0.2, 0.25) is 0 Å². The van der Waals surface area contributed by atoms with Crippen molar-refractivity contribution in [2.45, 2.75) is 19.8 Å². The minimum atomic E-state index is -0.299. The summed E-state index contributed by atoms with van der Waals surface area (Å²) in [4.78, 5) is 0. The summed E-state index contributed by atoms with van der Waals surface area (Å²) >= 11 is 0. The van der Waals surface area contributed by atoms with Gasteiger partial charge in [-0.1, -0.05) is 5.92 Å². The van der Waals surface area contributed by atoms with Crippen LogP contribution >= 0.6 is 0 Å². The van der Waals surface area contributed by atoms with Gasteiger partial charge in [0.1, 0.15) is 11.6 Å². The zero-order valence-corrected chi connectivity index (χ0v) is 8.60. The molecular formula is C12H13FO. The van der Waals surface area contributed by atoms with Crippen molar-refractivity contribution in [1.29, 1.82) is 0 Å². The molecular weight excluding hydrogens is 179 g/mol. The summed E-state index contributed by atoms with van der Waals surface area (Å²) in [6, 6.07) is 3.25. The maximum Gasteiger partial charge on any atom is 0.131 e. The van der Waals surface area contributed by atoms with Gasteiger partial charge in [0, 0.05) is 11.5 Å². The molecule has 0 N–H and O–H groups in total. The fraction of sp³-hybridized carbons (Fsp3) is 0.333. The Hall–Kier alpha value is -1.49. The van der Waals surface area contributed by atoms with Crippen molar-refractivity contribution in [3.05, 3.63) is 29.1 Å². The number of terminal acetylenes is 1. The third-order valence-corrected chi connectivity index (χ3v) is 2.14. The van der Waals surface area contributed by atoms with Gasteiger partial charge in [0.05, 0.1) is 7.11 Å². The molecule has 1 aromatic carbocycles. The van der Waals surface area contributed by atoms with Gasteiger partial charge < -0.3 is 4.74 Å². The van der Waals surface area contributed by atoms with Crippen LogP contribution in [-0.2, 0) is 0 Å². The predicted octanol–water partition coefficient (Wildman–Crippen LogP) is 2.88. The highest BCUT2D eigenvalue weighted by atomic mass is 19.1. The first-order valence-corrected chi connectivity index (χ1v) is 4.40. The molecule has 1 unspecified atom stereocenters. The van der Waals surface area contributed by atoms with E-state index in [9.17, 15) is 4.39 Å². The molecule has 0 aromatic heterocycles. The Kier molecular flexibility index (Phi) is 3.14. The average molecular weight is 192 g/mol. The van der Waals surface area contributed by atoms with E-state index in [0.29, 0.717) is 11.3 Å². The van der Waals surface area contributed by atoms with Gasteiger partial charge in [-0.25, -0.2) is 4.39 Å². The van der Waals surface area contributed by atoms with E-state index in [-0.39, 0.29) is 11.7 Å². The molecule has 1 atom stereocenters. The molecule has 1 nitrogen and oxygen atoms in total. The fourth-order valence-corrected chi connectivity index (χ4v) is 1.39. The van der Waals surface area contributed by atoms with E-state index in [1.165, 1.54) is 13.2 Å². The van der Waals surface area contributed by atoms with E-state index in [0.717, 1.165) is 5.56 Å². The highest BCUT2D eigenvalue weighted by Gasteiger charge is 2.15. The third-order valence-electron chi connectivity index (χ3n) is 2.14. The molecule has 0 amide bonds. The maximum atomic E-state index is 13.6. The third kappa shape index (κ3) is 1.88. The zero-order chi connectivity index (χ0) is 10.7. The number of halogens is 1. The first-order valence-electron chi connectivity index (χ1n) is 4.40. The van der Waals surface area contributed by atoms with Crippen LogP contribution in [-0.4, -0.2) is 7.11 Å². The average Bonchev–Trinajstić information content (AvgIpc) is 2.15. The minimum absolute atomic E-state index is 0.273. The Morgan fingerprint density at radius 1 is 1.50 bits per heavy atom.